The second kappa shape index (κ2) is 5.05. The molecule has 16 heavy (non-hydrogen) atoms. The van der Waals surface area contributed by atoms with Crippen LogP contribution in [0.1, 0.15) is 39.2 Å². The first-order chi connectivity index (χ1) is 7.40. The van der Waals surface area contributed by atoms with Gasteiger partial charge in [0.15, 0.2) is 0 Å². The van der Waals surface area contributed by atoms with Gasteiger partial charge in [-0.3, -0.25) is 0 Å². The molecule has 0 radical (unpaired) electrons. The molecule has 0 aromatic carbocycles. The maximum atomic E-state index is 11.3. The van der Waals surface area contributed by atoms with Crippen LogP contribution in [0.25, 0.3) is 0 Å². The van der Waals surface area contributed by atoms with Crippen LogP contribution < -0.4 is 5.32 Å². The van der Waals surface area contributed by atoms with Gasteiger partial charge in [0.2, 0.25) is 0 Å². The zero-order valence-corrected chi connectivity index (χ0v) is 10.3. The largest absolute Gasteiger partial charge is 0.464 e. The van der Waals surface area contributed by atoms with Gasteiger partial charge in [0.05, 0.1) is 6.54 Å². The Morgan fingerprint density at radius 1 is 1.38 bits per heavy atom. The third-order valence-corrected chi connectivity index (χ3v) is 1.87. The van der Waals surface area contributed by atoms with Crippen molar-refractivity contribution < 1.29 is 13.9 Å². The average Bonchev–Trinajstić information content (AvgIpc) is 2.59. The molecule has 0 bridgehead atoms. The average molecular weight is 225 g/mol. The van der Waals surface area contributed by atoms with Crippen LogP contribution in [-0.2, 0) is 17.7 Å². The highest BCUT2D eigenvalue weighted by molar-refractivity contribution is 5.67. The lowest BCUT2D eigenvalue weighted by atomic mass is 10.2. The Balaban J connectivity index is 2.37. The number of carbonyl (C=O) groups excluding carboxylic acids is 1. The van der Waals surface area contributed by atoms with Crippen molar-refractivity contribution in [2.45, 2.75) is 46.3 Å². The summed E-state index contributed by atoms with van der Waals surface area (Å²) < 4.78 is 10.5. The van der Waals surface area contributed by atoms with E-state index in [-0.39, 0.29) is 0 Å². The standard InChI is InChI=1S/C12H19NO3/c1-5-9-6-7-10(15-9)8-13-11(14)16-12(2,3)4/h6-7H,5,8H2,1-4H3,(H,13,14). The van der Waals surface area contributed by atoms with Gasteiger partial charge in [0, 0.05) is 6.42 Å². The van der Waals surface area contributed by atoms with Gasteiger partial charge in [0.25, 0.3) is 0 Å². The third-order valence-electron chi connectivity index (χ3n) is 1.87. The maximum Gasteiger partial charge on any atom is 0.408 e. The minimum Gasteiger partial charge on any atom is -0.464 e. The van der Waals surface area contributed by atoms with Crippen LogP contribution in [0.2, 0.25) is 0 Å². The van der Waals surface area contributed by atoms with Crippen molar-refractivity contribution in [2.75, 3.05) is 0 Å². The van der Waals surface area contributed by atoms with E-state index in [2.05, 4.69) is 5.32 Å². The molecule has 1 aromatic rings. The topological polar surface area (TPSA) is 51.5 Å². The predicted molar refractivity (Wildman–Crippen MR) is 61.2 cm³/mol. The van der Waals surface area contributed by atoms with Crippen LogP contribution in [-0.4, -0.2) is 11.7 Å². The first-order valence-corrected chi connectivity index (χ1v) is 5.45. The molecule has 0 unspecified atom stereocenters. The van der Waals surface area contributed by atoms with Crippen molar-refractivity contribution in [3.8, 4) is 0 Å². The zero-order chi connectivity index (χ0) is 12.2. The molecule has 0 spiro atoms. The molecule has 1 amide bonds. The number of rotatable bonds is 3. The monoisotopic (exact) mass is 225 g/mol. The molecule has 4 heteroatoms. The summed E-state index contributed by atoms with van der Waals surface area (Å²) in [5, 5.41) is 2.64. The van der Waals surface area contributed by atoms with Crippen molar-refractivity contribution >= 4 is 6.09 Å². The van der Waals surface area contributed by atoms with Gasteiger partial charge in [0.1, 0.15) is 17.1 Å². The fraction of sp³-hybridized carbons (Fsp3) is 0.583. The Bertz CT molecular complexity index is 349. The van der Waals surface area contributed by atoms with E-state index in [1.54, 1.807) is 0 Å². The summed E-state index contributed by atoms with van der Waals surface area (Å²) in [6.07, 6.45) is 0.425. The number of alkyl carbamates (subject to hydrolysis) is 1. The van der Waals surface area contributed by atoms with E-state index in [1.165, 1.54) is 0 Å². The van der Waals surface area contributed by atoms with Gasteiger partial charge < -0.3 is 14.5 Å². The normalized spacial score (nSPS) is 11.2. The van der Waals surface area contributed by atoms with Crippen LogP contribution in [0.3, 0.4) is 0 Å². The van der Waals surface area contributed by atoms with Crippen LogP contribution in [0.5, 0.6) is 0 Å². The number of aryl methyl sites for hydroxylation is 1. The van der Waals surface area contributed by atoms with E-state index in [9.17, 15) is 4.79 Å². The minimum atomic E-state index is -0.470. The molecule has 0 saturated heterocycles. The fourth-order valence-corrected chi connectivity index (χ4v) is 1.18. The molecule has 0 saturated carbocycles. The first kappa shape index (κ1) is 12.6. The summed E-state index contributed by atoms with van der Waals surface area (Å²) in [4.78, 5) is 11.3. The number of hydrogen-bond donors (Lipinski definition) is 1. The van der Waals surface area contributed by atoms with Gasteiger partial charge in [-0.1, -0.05) is 6.92 Å². The number of carbonyl (C=O) groups is 1. The zero-order valence-electron chi connectivity index (χ0n) is 10.3. The van der Waals surface area contributed by atoms with E-state index in [1.807, 2.05) is 39.8 Å². The van der Waals surface area contributed by atoms with Crippen LogP contribution >= 0.6 is 0 Å². The molecule has 0 aliphatic rings. The summed E-state index contributed by atoms with van der Waals surface area (Å²) >= 11 is 0. The summed E-state index contributed by atoms with van der Waals surface area (Å²) in [5.41, 5.74) is -0.470. The maximum absolute atomic E-state index is 11.3. The van der Waals surface area contributed by atoms with Crippen molar-refractivity contribution in [2.24, 2.45) is 0 Å². The predicted octanol–water partition coefficient (Wildman–Crippen LogP) is 2.87. The molecular formula is C12H19NO3. The Morgan fingerprint density at radius 2 is 2.00 bits per heavy atom. The molecule has 0 atom stereocenters. The van der Waals surface area contributed by atoms with Crippen molar-refractivity contribution in [3.05, 3.63) is 23.7 Å². The van der Waals surface area contributed by atoms with Gasteiger partial charge in [-0.2, -0.15) is 0 Å². The molecule has 1 N–H and O–H groups in total. The van der Waals surface area contributed by atoms with E-state index in [4.69, 9.17) is 9.15 Å². The first-order valence-electron chi connectivity index (χ1n) is 5.45. The number of nitrogens with one attached hydrogen (secondary N) is 1. The quantitative estimate of drug-likeness (QED) is 0.860. The minimum absolute atomic E-state index is 0.356. The van der Waals surface area contributed by atoms with Crippen molar-refractivity contribution in [1.29, 1.82) is 0 Å². The molecular weight excluding hydrogens is 206 g/mol. The summed E-state index contributed by atoms with van der Waals surface area (Å²) in [6.45, 7) is 7.86. The Labute approximate surface area is 96.0 Å². The Morgan fingerprint density at radius 3 is 2.50 bits per heavy atom. The van der Waals surface area contributed by atoms with Gasteiger partial charge in [-0.15, -0.1) is 0 Å². The number of furan rings is 1. The summed E-state index contributed by atoms with van der Waals surface area (Å²) in [6, 6.07) is 3.77. The van der Waals surface area contributed by atoms with Crippen molar-refractivity contribution in [3.63, 3.8) is 0 Å². The highest BCUT2D eigenvalue weighted by atomic mass is 16.6. The molecule has 1 rings (SSSR count). The fourth-order valence-electron chi connectivity index (χ4n) is 1.18. The summed E-state index contributed by atoms with van der Waals surface area (Å²) in [7, 11) is 0. The molecule has 90 valence electrons. The van der Waals surface area contributed by atoms with Gasteiger partial charge in [-0.05, 0) is 32.9 Å². The second-order valence-corrected chi connectivity index (χ2v) is 4.58. The van der Waals surface area contributed by atoms with E-state index in [0.29, 0.717) is 6.54 Å². The van der Waals surface area contributed by atoms with Crippen molar-refractivity contribution in [1.82, 2.24) is 5.32 Å². The number of hydrogen-bond acceptors (Lipinski definition) is 3. The molecule has 4 nitrogen and oxygen atoms in total. The SMILES string of the molecule is CCc1ccc(CNC(=O)OC(C)(C)C)o1. The molecule has 1 heterocycles. The smallest absolute Gasteiger partial charge is 0.408 e. The molecule has 0 aliphatic carbocycles. The Hall–Kier alpha value is -1.45. The van der Waals surface area contributed by atoms with Crippen LogP contribution in [0.4, 0.5) is 4.79 Å². The lowest BCUT2D eigenvalue weighted by Crippen LogP contribution is -2.32. The van der Waals surface area contributed by atoms with Gasteiger partial charge in [-0.25, -0.2) is 4.79 Å². The highest BCUT2D eigenvalue weighted by Crippen LogP contribution is 2.09. The van der Waals surface area contributed by atoms with E-state index in [0.717, 1.165) is 17.9 Å². The number of amides is 1. The Kier molecular flexibility index (Phi) is 3.99. The molecule has 1 aromatic heterocycles. The lowest BCUT2D eigenvalue weighted by molar-refractivity contribution is 0.0519. The molecule has 0 aliphatic heterocycles. The summed E-state index contributed by atoms with van der Waals surface area (Å²) in [5.74, 6) is 1.66. The lowest BCUT2D eigenvalue weighted by Gasteiger charge is -2.19. The van der Waals surface area contributed by atoms with E-state index < -0.39 is 11.7 Å². The second-order valence-electron chi connectivity index (χ2n) is 4.58. The van der Waals surface area contributed by atoms with Gasteiger partial charge >= 0.3 is 6.09 Å². The van der Waals surface area contributed by atoms with Crippen LogP contribution in [0, 0.1) is 0 Å². The number of ether oxygens (including phenoxy) is 1. The van der Waals surface area contributed by atoms with E-state index >= 15 is 0 Å². The van der Waals surface area contributed by atoms with Crippen LogP contribution in [0.15, 0.2) is 16.5 Å². The third kappa shape index (κ3) is 4.38. The highest BCUT2D eigenvalue weighted by Gasteiger charge is 2.15. The molecule has 0 fully saturated rings.